The van der Waals surface area contributed by atoms with Crippen LogP contribution in [0.1, 0.15) is 36.4 Å². The molecule has 3 amide bonds. The van der Waals surface area contributed by atoms with Crippen molar-refractivity contribution in [2.75, 3.05) is 13.2 Å². The molecule has 1 saturated carbocycles. The second-order valence-electron chi connectivity index (χ2n) is 6.40. The first kappa shape index (κ1) is 15.1. The molecule has 1 N–H and O–H groups in total. The summed E-state index contributed by atoms with van der Waals surface area (Å²) < 4.78 is 0. The quantitative estimate of drug-likeness (QED) is 0.888. The number of hydrogen-bond acceptors (Lipinski definition) is 2. The number of carbonyl (C=O) groups excluding carboxylic acids is 2. The fourth-order valence-corrected chi connectivity index (χ4v) is 3.87. The molecule has 23 heavy (non-hydrogen) atoms. The summed E-state index contributed by atoms with van der Waals surface area (Å²) in [6.45, 7) is 0.569. The van der Waals surface area contributed by atoms with E-state index in [2.05, 4.69) is 5.32 Å². The van der Waals surface area contributed by atoms with Crippen LogP contribution in [0, 0.1) is 0 Å². The van der Waals surface area contributed by atoms with Gasteiger partial charge in [-0.2, -0.15) is 0 Å². The third kappa shape index (κ3) is 2.66. The van der Waals surface area contributed by atoms with E-state index >= 15 is 0 Å². The summed E-state index contributed by atoms with van der Waals surface area (Å²) in [5.74, 6) is 0.0456. The van der Waals surface area contributed by atoms with Gasteiger partial charge in [0.1, 0.15) is 6.54 Å². The molecule has 1 heterocycles. The van der Waals surface area contributed by atoms with E-state index in [1.807, 2.05) is 6.07 Å². The Morgan fingerprint density at radius 2 is 2.00 bits per heavy atom. The number of amides is 3. The zero-order valence-electron chi connectivity index (χ0n) is 12.5. The second-order valence-corrected chi connectivity index (χ2v) is 7.19. The Hall–Kier alpha value is -1.46. The Bertz CT molecular complexity index is 690. The molecule has 5 nitrogen and oxygen atoms in total. The highest BCUT2D eigenvalue weighted by Crippen LogP contribution is 2.39. The summed E-state index contributed by atoms with van der Waals surface area (Å²) in [5.41, 5.74) is 2.04. The Morgan fingerprint density at radius 1 is 1.22 bits per heavy atom. The van der Waals surface area contributed by atoms with E-state index in [1.54, 1.807) is 15.9 Å². The van der Waals surface area contributed by atoms with Gasteiger partial charge < -0.3 is 10.2 Å². The van der Waals surface area contributed by atoms with Crippen LogP contribution in [-0.4, -0.2) is 41.0 Å². The van der Waals surface area contributed by atoms with Crippen molar-refractivity contribution in [2.24, 2.45) is 0 Å². The molecule has 0 aromatic heterocycles. The largest absolute Gasteiger partial charge is 0.331 e. The monoisotopic (exact) mass is 353 g/mol. The van der Waals surface area contributed by atoms with E-state index in [0.29, 0.717) is 22.8 Å². The maximum Gasteiger partial charge on any atom is 0.319 e. The molecule has 1 atom stereocenters. The van der Waals surface area contributed by atoms with Gasteiger partial charge in [-0.15, -0.1) is 0 Å². The summed E-state index contributed by atoms with van der Waals surface area (Å²) in [6, 6.07) is 3.77. The number of nitrogens with one attached hydrogen (secondary N) is 1. The number of benzene rings is 1. The Kier molecular flexibility index (Phi) is 3.65. The van der Waals surface area contributed by atoms with Crippen LogP contribution in [0.2, 0.25) is 10.0 Å². The lowest BCUT2D eigenvalue weighted by molar-refractivity contribution is -0.127. The van der Waals surface area contributed by atoms with Crippen molar-refractivity contribution in [1.82, 2.24) is 15.1 Å². The number of urea groups is 1. The van der Waals surface area contributed by atoms with Crippen molar-refractivity contribution in [2.45, 2.75) is 37.8 Å². The normalized spacial score (nSPS) is 23.4. The first-order chi connectivity index (χ1) is 11.0. The highest BCUT2D eigenvalue weighted by atomic mass is 35.5. The molecular formula is C16H17Cl2N3O2. The van der Waals surface area contributed by atoms with Crippen LogP contribution in [0.25, 0.3) is 0 Å². The van der Waals surface area contributed by atoms with Crippen molar-refractivity contribution in [3.8, 4) is 0 Å². The van der Waals surface area contributed by atoms with Crippen molar-refractivity contribution < 1.29 is 9.59 Å². The SMILES string of the molecule is O=C(NC1CCc2c1ccc(Cl)c2Cl)N1CC(=O)N(C2CC2)C1. The van der Waals surface area contributed by atoms with Crippen molar-refractivity contribution >= 4 is 35.1 Å². The van der Waals surface area contributed by atoms with Gasteiger partial charge in [0.05, 0.1) is 22.8 Å². The van der Waals surface area contributed by atoms with Crippen LogP contribution in [-0.2, 0) is 11.2 Å². The van der Waals surface area contributed by atoms with Crippen LogP contribution < -0.4 is 5.32 Å². The standard InChI is InChI=1S/C16H17Cl2N3O2/c17-12-5-3-10-11(15(12)18)4-6-13(10)19-16(23)20-7-14(22)21(8-20)9-1-2-9/h3,5,9,13H,1-2,4,6-8H2,(H,19,23). The number of nitrogens with zero attached hydrogens (tertiary/aromatic N) is 2. The van der Waals surface area contributed by atoms with Gasteiger partial charge in [-0.3, -0.25) is 9.69 Å². The molecule has 7 heteroatoms. The lowest BCUT2D eigenvalue weighted by Crippen LogP contribution is -2.41. The first-order valence-electron chi connectivity index (χ1n) is 7.86. The smallest absolute Gasteiger partial charge is 0.319 e. The topological polar surface area (TPSA) is 52.7 Å². The molecule has 2 fully saturated rings. The van der Waals surface area contributed by atoms with Crippen LogP contribution in [0.4, 0.5) is 4.79 Å². The minimum atomic E-state index is -0.189. The molecule has 0 radical (unpaired) electrons. The molecule has 1 aromatic carbocycles. The molecule has 1 aliphatic heterocycles. The summed E-state index contributed by atoms with van der Waals surface area (Å²) in [7, 11) is 0. The summed E-state index contributed by atoms with van der Waals surface area (Å²) in [6.07, 6.45) is 3.70. The maximum atomic E-state index is 12.5. The average molecular weight is 354 g/mol. The van der Waals surface area contributed by atoms with Gasteiger partial charge in [-0.25, -0.2) is 4.79 Å². The van der Waals surface area contributed by atoms with Crippen LogP contribution in [0.15, 0.2) is 12.1 Å². The third-order valence-corrected chi connectivity index (χ3v) is 5.68. The minimum Gasteiger partial charge on any atom is -0.331 e. The molecule has 4 rings (SSSR count). The van der Waals surface area contributed by atoms with Gasteiger partial charge in [-0.1, -0.05) is 29.3 Å². The molecule has 0 spiro atoms. The fraction of sp³-hybridized carbons (Fsp3) is 0.500. The highest BCUT2D eigenvalue weighted by Gasteiger charge is 2.40. The molecule has 1 saturated heterocycles. The highest BCUT2D eigenvalue weighted by molar-refractivity contribution is 6.42. The van der Waals surface area contributed by atoms with Gasteiger partial charge in [0.2, 0.25) is 5.91 Å². The minimum absolute atomic E-state index is 0.0456. The number of hydrogen-bond donors (Lipinski definition) is 1. The van der Waals surface area contributed by atoms with Gasteiger partial charge in [0.25, 0.3) is 0 Å². The summed E-state index contributed by atoms with van der Waals surface area (Å²) >= 11 is 12.3. The molecule has 1 unspecified atom stereocenters. The van der Waals surface area contributed by atoms with E-state index in [4.69, 9.17) is 23.2 Å². The average Bonchev–Trinajstić information content (AvgIpc) is 3.17. The summed E-state index contributed by atoms with van der Waals surface area (Å²) in [5, 5.41) is 4.16. The van der Waals surface area contributed by atoms with E-state index in [1.165, 1.54) is 0 Å². The first-order valence-corrected chi connectivity index (χ1v) is 8.62. The molecule has 0 bridgehead atoms. The van der Waals surface area contributed by atoms with Crippen molar-refractivity contribution in [3.05, 3.63) is 33.3 Å². The zero-order valence-corrected chi connectivity index (χ0v) is 14.0. The lowest BCUT2D eigenvalue weighted by Gasteiger charge is -2.21. The van der Waals surface area contributed by atoms with Crippen LogP contribution in [0.5, 0.6) is 0 Å². The number of halogens is 2. The molecule has 1 aromatic rings. The van der Waals surface area contributed by atoms with E-state index in [9.17, 15) is 9.59 Å². The van der Waals surface area contributed by atoms with Gasteiger partial charge in [0, 0.05) is 6.04 Å². The molecule has 2 aliphatic carbocycles. The summed E-state index contributed by atoms with van der Waals surface area (Å²) in [4.78, 5) is 27.8. The zero-order chi connectivity index (χ0) is 16.1. The van der Waals surface area contributed by atoms with Crippen molar-refractivity contribution in [1.29, 1.82) is 0 Å². The van der Waals surface area contributed by atoms with Gasteiger partial charge in [0.15, 0.2) is 0 Å². The Morgan fingerprint density at radius 3 is 2.74 bits per heavy atom. The van der Waals surface area contributed by atoms with E-state index in [-0.39, 0.29) is 24.5 Å². The molecule has 122 valence electrons. The third-order valence-electron chi connectivity index (χ3n) is 4.83. The van der Waals surface area contributed by atoms with Crippen LogP contribution >= 0.6 is 23.2 Å². The maximum absolute atomic E-state index is 12.5. The van der Waals surface area contributed by atoms with Crippen LogP contribution in [0.3, 0.4) is 0 Å². The fourth-order valence-electron chi connectivity index (χ4n) is 3.43. The lowest BCUT2D eigenvalue weighted by atomic mass is 10.1. The predicted octanol–water partition coefficient (Wildman–Crippen LogP) is 2.95. The predicted molar refractivity (Wildman–Crippen MR) is 87.5 cm³/mol. The van der Waals surface area contributed by atoms with Gasteiger partial charge >= 0.3 is 6.03 Å². The number of carbonyl (C=O) groups is 2. The molecule has 3 aliphatic rings. The van der Waals surface area contributed by atoms with Crippen molar-refractivity contribution in [3.63, 3.8) is 0 Å². The Labute approximate surface area is 144 Å². The number of rotatable bonds is 2. The Balaban J connectivity index is 1.45. The van der Waals surface area contributed by atoms with E-state index in [0.717, 1.165) is 36.8 Å². The second kappa shape index (κ2) is 5.56. The van der Waals surface area contributed by atoms with Gasteiger partial charge in [-0.05, 0) is 42.9 Å². The number of fused-ring (bicyclic) bond motifs is 1. The van der Waals surface area contributed by atoms with E-state index < -0.39 is 0 Å². The molecular weight excluding hydrogens is 337 g/mol.